The van der Waals surface area contributed by atoms with Crippen molar-refractivity contribution in [2.24, 2.45) is 0 Å². The predicted octanol–water partition coefficient (Wildman–Crippen LogP) is 3.11. The summed E-state index contributed by atoms with van der Waals surface area (Å²) in [5.41, 5.74) is 0.792. The fraction of sp³-hybridized carbons (Fsp3) is 0.214. The first kappa shape index (κ1) is 13.4. The van der Waals surface area contributed by atoms with Crippen molar-refractivity contribution in [2.75, 3.05) is 18.0 Å². The predicted molar refractivity (Wildman–Crippen MR) is 73.5 cm³/mol. The number of anilines is 1. The molecule has 0 radical (unpaired) electrons. The van der Waals surface area contributed by atoms with Crippen molar-refractivity contribution >= 4 is 11.5 Å². The number of hydrogen-bond donors (Lipinski definition) is 0. The van der Waals surface area contributed by atoms with Crippen LogP contribution in [0.25, 0.3) is 11.1 Å². The largest absolute Gasteiger partial charge is 0.339 e. The first-order valence-electron chi connectivity index (χ1n) is 6.29. The average Bonchev–Trinajstić information content (AvgIpc) is 2.44. The lowest BCUT2D eigenvalue weighted by Crippen LogP contribution is -2.56. The second kappa shape index (κ2) is 4.76. The van der Waals surface area contributed by atoms with Gasteiger partial charge in [-0.15, -0.1) is 0 Å². The topological polar surface area (TPSA) is 59.3 Å². The monoisotopic (exact) mass is 291 g/mol. The lowest BCUT2D eigenvalue weighted by atomic mass is 10.0. The lowest BCUT2D eigenvalue weighted by Gasteiger charge is -2.39. The fourth-order valence-corrected chi connectivity index (χ4v) is 2.37. The fourth-order valence-electron chi connectivity index (χ4n) is 2.37. The third-order valence-electron chi connectivity index (χ3n) is 3.32. The number of nitrogens with zero attached hydrogens (tertiary/aromatic N) is 3. The molecule has 7 heteroatoms. The SMILES string of the molecule is O=[N+]([O-])c1c(-c2ccccc2)ccnc1N1CC(F)(F)C1. The summed E-state index contributed by atoms with van der Waals surface area (Å²) in [5, 5.41) is 11.4. The molecule has 2 heterocycles. The van der Waals surface area contributed by atoms with E-state index in [9.17, 15) is 18.9 Å². The van der Waals surface area contributed by atoms with Crippen LogP contribution in [0, 0.1) is 10.1 Å². The van der Waals surface area contributed by atoms with E-state index in [1.807, 2.05) is 0 Å². The minimum Gasteiger partial charge on any atom is -0.339 e. The average molecular weight is 291 g/mol. The van der Waals surface area contributed by atoms with E-state index in [-0.39, 0.29) is 11.5 Å². The van der Waals surface area contributed by atoms with Crippen molar-refractivity contribution in [3.05, 3.63) is 52.7 Å². The molecule has 0 N–H and O–H groups in total. The molecule has 108 valence electrons. The van der Waals surface area contributed by atoms with E-state index < -0.39 is 23.9 Å². The van der Waals surface area contributed by atoms with Crippen LogP contribution >= 0.6 is 0 Å². The van der Waals surface area contributed by atoms with Crippen LogP contribution in [0.4, 0.5) is 20.3 Å². The second-order valence-electron chi connectivity index (χ2n) is 4.87. The van der Waals surface area contributed by atoms with Crippen LogP contribution in [-0.2, 0) is 0 Å². The smallest absolute Gasteiger partial charge is 0.319 e. The maximum Gasteiger partial charge on any atom is 0.319 e. The number of benzene rings is 1. The molecule has 2 aromatic rings. The summed E-state index contributed by atoms with van der Waals surface area (Å²) in [5.74, 6) is -2.81. The van der Waals surface area contributed by atoms with E-state index in [1.165, 1.54) is 17.2 Å². The zero-order chi connectivity index (χ0) is 15.0. The van der Waals surface area contributed by atoms with Gasteiger partial charge < -0.3 is 4.90 Å². The zero-order valence-corrected chi connectivity index (χ0v) is 10.9. The highest BCUT2D eigenvalue weighted by molar-refractivity contribution is 5.80. The molecule has 1 aromatic carbocycles. The molecule has 1 aromatic heterocycles. The number of nitro groups is 1. The van der Waals surface area contributed by atoms with Gasteiger partial charge in [-0.1, -0.05) is 30.3 Å². The Labute approximate surface area is 119 Å². The first-order chi connectivity index (χ1) is 9.98. The molecule has 1 aliphatic rings. The summed E-state index contributed by atoms with van der Waals surface area (Å²) in [4.78, 5) is 16.0. The van der Waals surface area contributed by atoms with Gasteiger partial charge in [-0.25, -0.2) is 13.8 Å². The van der Waals surface area contributed by atoms with Gasteiger partial charge in [0.25, 0.3) is 5.92 Å². The summed E-state index contributed by atoms with van der Waals surface area (Å²) in [6.45, 7) is -1.09. The van der Waals surface area contributed by atoms with Gasteiger partial charge in [0.05, 0.1) is 23.6 Å². The van der Waals surface area contributed by atoms with Crippen LogP contribution in [0.5, 0.6) is 0 Å². The van der Waals surface area contributed by atoms with Crippen molar-refractivity contribution in [2.45, 2.75) is 5.92 Å². The molecule has 5 nitrogen and oxygen atoms in total. The van der Waals surface area contributed by atoms with E-state index >= 15 is 0 Å². The van der Waals surface area contributed by atoms with Gasteiger partial charge in [0.1, 0.15) is 0 Å². The Morgan fingerprint density at radius 1 is 1.19 bits per heavy atom. The van der Waals surface area contributed by atoms with Gasteiger partial charge in [-0.05, 0) is 11.6 Å². The maximum atomic E-state index is 13.0. The molecule has 0 spiro atoms. The molecule has 1 saturated heterocycles. The molecule has 0 atom stereocenters. The highest BCUT2D eigenvalue weighted by Crippen LogP contribution is 2.40. The standard InChI is InChI=1S/C14H11F2N3O2/c15-14(16)8-18(9-14)13-12(19(20)21)11(6-7-17-13)10-4-2-1-3-5-10/h1-7H,8-9H2. The molecule has 0 unspecified atom stereocenters. The van der Waals surface area contributed by atoms with Crippen LogP contribution in [-0.4, -0.2) is 28.9 Å². The van der Waals surface area contributed by atoms with Gasteiger partial charge in [0, 0.05) is 6.20 Å². The van der Waals surface area contributed by atoms with Crippen molar-refractivity contribution in [1.29, 1.82) is 0 Å². The van der Waals surface area contributed by atoms with Crippen molar-refractivity contribution < 1.29 is 13.7 Å². The van der Waals surface area contributed by atoms with Crippen LogP contribution in [0.3, 0.4) is 0 Å². The number of halogens is 2. The minimum absolute atomic E-state index is 0.00715. The summed E-state index contributed by atoms with van der Waals surface area (Å²) < 4.78 is 26.0. The molecule has 1 fully saturated rings. The summed E-state index contributed by atoms with van der Waals surface area (Å²) in [7, 11) is 0. The maximum absolute atomic E-state index is 13.0. The Bertz CT molecular complexity index is 684. The Hall–Kier alpha value is -2.57. The molecule has 21 heavy (non-hydrogen) atoms. The molecular formula is C14H11F2N3O2. The van der Waals surface area contributed by atoms with E-state index in [0.29, 0.717) is 11.1 Å². The van der Waals surface area contributed by atoms with E-state index in [1.54, 1.807) is 30.3 Å². The minimum atomic E-state index is -2.81. The Balaban J connectivity index is 2.08. The van der Waals surface area contributed by atoms with Gasteiger partial charge >= 0.3 is 5.69 Å². The summed E-state index contributed by atoms with van der Waals surface area (Å²) in [6, 6.07) is 10.3. The number of alkyl halides is 2. The van der Waals surface area contributed by atoms with Crippen molar-refractivity contribution in [3.8, 4) is 11.1 Å². The zero-order valence-electron chi connectivity index (χ0n) is 10.9. The molecule has 3 rings (SSSR count). The Morgan fingerprint density at radius 3 is 2.43 bits per heavy atom. The second-order valence-corrected chi connectivity index (χ2v) is 4.87. The normalized spacial score (nSPS) is 16.4. The van der Waals surface area contributed by atoms with E-state index in [2.05, 4.69) is 4.98 Å². The van der Waals surface area contributed by atoms with E-state index in [0.717, 1.165) is 0 Å². The Morgan fingerprint density at radius 2 is 1.86 bits per heavy atom. The summed E-state index contributed by atoms with van der Waals surface area (Å²) in [6.07, 6.45) is 1.40. The first-order valence-corrected chi connectivity index (χ1v) is 6.29. The number of aromatic nitrogens is 1. The van der Waals surface area contributed by atoms with Gasteiger partial charge in [0.2, 0.25) is 5.82 Å². The van der Waals surface area contributed by atoms with E-state index in [4.69, 9.17) is 0 Å². The third-order valence-corrected chi connectivity index (χ3v) is 3.32. The quantitative estimate of drug-likeness (QED) is 0.644. The highest BCUT2D eigenvalue weighted by atomic mass is 19.3. The molecule has 1 aliphatic heterocycles. The molecule has 0 bridgehead atoms. The van der Waals surface area contributed by atoms with Gasteiger partial charge in [-0.2, -0.15) is 0 Å². The number of rotatable bonds is 3. The van der Waals surface area contributed by atoms with Gasteiger partial charge in [0.15, 0.2) is 0 Å². The number of pyridine rings is 1. The molecule has 0 saturated carbocycles. The Kier molecular flexibility index (Phi) is 3.04. The highest BCUT2D eigenvalue weighted by Gasteiger charge is 2.46. The van der Waals surface area contributed by atoms with Crippen molar-refractivity contribution in [3.63, 3.8) is 0 Å². The lowest BCUT2D eigenvalue weighted by molar-refractivity contribution is -0.383. The van der Waals surface area contributed by atoms with Crippen LogP contribution < -0.4 is 4.90 Å². The molecular weight excluding hydrogens is 280 g/mol. The molecule has 0 amide bonds. The van der Waals surface area contributed by atoms with Crippen LogP contribution in [0.2, 0.25) is 0 Å². The van der Waals surface area contributed by atoms with Gasteiger partial charge in [-0.3, -0.25) is 10.1 Å². The van der Waals surface area contributed by atoms with Crippen molar-refractivity contribution in [1.82, 2.24) is 4.98 Å². The third kappa shape index (κ3) is 2.42. The summed E-state index contributed by atoms with van der Waals surface area (Å²) >= 11 is 0. The molecule has 0 aliphatic carbocycles. The van der Waals surface area contributed by atoms with Crippen LogP contribution in [0.1, 0.15) is 0 Å². The van der Waals surface area contributed by atoms with Crippen LogP contribution in [0.15, 0.2) is 42.6 Å². The number of hydrogen-bond acceptors (Lipinski definition) is 4.